The predicted molar refractivity (Wildman–Crippen MR) is 84.3 cm³/mol. The van der Waals surface area contributed by atoms with Gasteiger partial charge >= 0.3 is 0 Å². The van der Waals surface area contributed by atoms with Crippen molar-refractivity contribution in [3.63, 3.8) is 0 Å². The van der Waals surface area contributed by atoms with E-state index in [2.05, 4.69) is 19.8 Å². The molecule has 0 amide bonds. The molecule has 3 rings (SSSR count). The van der Waals surface area contributed by atoms with Crippen LogP contribution in [0.15, 0.2) is 35.5 Å². The van der Waals surface area contributed by atoms with Crippen LogP contribution in [0.25, 0.3) is 11.0 Å². The van der Waals surface area contributed by atoms with Crippen molar-refractivity contribution in [3.8, 4) is 0 Å². The monoisotopic (exact) mass is 319 g/mol. The molecule has 8 heteroatoms. The molecule has 7 nitrogen and oxygen atoms in total. The van der Waals surface area contributed by atoms with Gasteiger partial charge in [0.25, 0.3) is 10.0 Å². The number of H-pyrrole nitrogens is 1. The summed E-state index contributed by atoms with van der Waals surface area (Å²) < 4.78 is 28.9. The molecule has 1 aromatic carbocycles. The molecule has 0 aliphatic heterocycles. The van der Waals surface area contributed by atoms with Crippen molar-refractivity contribution in [3.05, 3.63) is 36.4 Å². The van der Waals surface area contributed by atoms with Crippen LogP contribution in [-0.2, 0) is 10.0 Å². The molecular formula is C14H17N5O2S. The van der Waals surface area contributed by atoms with E-state index in [9.17, 15) is 8.42 Å². The maximum Gasteiger partial charge on any atom is 0.265 e. The minimum Gasteiger partial charge on any atom is -0.342 e. The second kappa shape index (κ2) is 5.13. The summed E-state index contributed by atoms with van der Waals surface area (Å²) in [4.78, 5) is 7.51. The van der Waals surface area contributed by atoms with Gasteiger partial charge in [-0.25, -0.2) is 13.4 Å². The largest absolute Gasteiger partial charge is 0.342 e. The Labute approximate surface area is 128 Å². The van der Waals surface area contributed by atoms with Gasteiger partial charge in [-0.3, -0.25) is 9.40 Å². The van der Waals surface area contributed by atoms with Crippen LogP contribution in [0.5, 0.6) is 0 Å². The lowest BCUT2D eigenvalue weighted by atomic mass is 10.3. The minimum absolute atomic E-state index is 0.105. The highest BCUT2D eigenvalue weighted by Crippen LogP contribution is 2.20. The molecule has 22 heavy (non-hydrogen) atoms. The zero-order valence-corrected chi connectivity index (χ0v) is 13.3. The average molecular weight is 319 g/mol. The van der Waals surface area contributed by atoms with E-state index in [4.69, 9.17) is 0 Å². The van der Waals surface area contributed by atoms with Crippen molar-refractivity contribution < 1.29 is 8.42 Å². The average Bonchev–Trinajstić information content (AvgIpc) is 3.03. The summed E-state index contributed by atoms with van der Waals surface area (Å²) in [6.45, 7) is 5.72. The number of benzene rings is 1. The standard InChI is InChI=1S/C14H17N5O2S/c1-9(2)19-8-12(7-15-19)22(20,21)18-11-4-5-13-14(6-11)17-10(3)16-13/h4-9,18H,1-3H3,(H,16,17). The number of hydrogen-bond donors (Lipinski definition) is 2. The van der Waals surface area contributed by atoms with E-state index in [1.54, 1.807) is 22.9 Å². The van der Waals surface area contributed by atoms with Gasteiger partial charge in [0.1, 0.15) is 10.7 Å². The summed E-state index contributed by atoms with van der Waals surface area (Å²) in [5, 5.41) is 4.06. The first-order valence-corrected chi connectivity index (χ1v) is 8.37. The van der Waals surface area contributed by atoms with E-state index in [0.29, 0.717) is 5.69 Å². The lowest BCUT2D eigenvalue weighted by molar-refractivity contribution is 0.531. The summed E-state index contributed by atoms with van der Waals surface area (Å²) in [6.07, 6.45) is 2.87. The second-order valence-corrected chi connectivity index (χ2v) is 7.09. The first kappa shape index (κ1) is 14.6. The third-order valence-electron chi connectivity index (χ3n) is 3.27. The topological polar surface area (TPSA) is 92.7 Å². The van der Waals surface area contributed by atoms with Gasteiger partial charge in [-0.15, -0.1) is 0 Å². The highest BCUT2D eigenvalue weighted by atomic mass is 32.2. The fourth-order valence-corrected chi connectivity index (χ4v) is 3.14. The van der Waals surface area contributed by atoms with E-state index in [1.807, 2.05) is 20.8 Å². The zero-order valence-electron chi connectivity index (χ0n) is 12.5. The van der Waals surface area contributed by atoms with Crippen LogP contribution < -0.4 is 4.72 Å². The molecule has 116 valence electrons. The molecular weight excluding hydrogens is 302 g/mol. The number of rotatable bonds is 4. The molecule has 0 aliphatic carbocycles. The zero-order chi connectivity index (χ0) is 15.9. The van der Waals surface area contributed by atoms with Crippen molar-refractivity contribution in [1.82, 2.24) is 19.7 Å². The molecule has 0 atom stereocenters. The Morgan fingerprint density at radius 3 is 2.77 bits per heavy atom. The van der Waals surface area contributed by atoms with Crippen molar-refractivity contribution in [2.45, 2.75) is 31.7 Å². The van der Waals surface area contributed by atoms with Gasteiger partial charge < -0.3 is 4.98 Å². The van der Waals surface area contributed by atoms with E-state index in [0.717, 1.165) is 16.9 Å². The van der Waals surface area contributed by atoms with Gasteiger partial charge in [-0.05, 0) is 39.0 Å². The molecule has 2 N–H and O–H groups in total. The van der Waals surface area contributed by atoms with E-state index < -0.39 is 10.0 Å². The summed E-state index contributed by atoms with van der Waals surface area (Å²) in [5.41, 5.74) is 2.07. The molecule has 0 radical (unpaired) electrons. The number of sulfonamides is 1. The van der Waals surface area contributed by atoms with Crippen LogP contribution in [-0.4, -0.2) is 28.2 Å². The van der Waals surface area contributed by atoms with Crippen molar-refractivity contribution >= 4 is 26.7 Å². The summed E-state index contributed by atoms with van der Waals surface area (Å²) in [7, 11) is -3.66. The lowest BCUT2D eigenvalue weighted by Gasteiger charge is -2.06. The molecule has 0 unspecified atom stereocenters. The Kier molecular flexibility index (Phi) is 3.40. The van der Waals surface area contributed by atoms with Gasteiger partial charge in [-0.2, -0.15) is 5.10 Å². The maximum atomic E-state index is 12.4. The number of nitrogens with one attached hydrogen (secondary N) is 2. The first-order valence-electron chi connectivity index (χ1n) is 6.88. The van der Waals surface area contributed by atoms with Crippen molar-refractivity contribution in [2.75, 3.05) is 4.72 Å². The minimum atomic E-state index is -3.66. The van der Waals surface area contributed by atoms with Crippen LogP contribution in [0.1, 0.15) is 25.7 Å². The highest BCUT2D eigenvalue weighted by Gasteiger charge is 2.17. The molecule has 0 spiro atoms. The van der Waals surface area contributed by atoms with Crippen LogP contribution in [0.4, 0.5) is 5.69 Å². The molecule has 2 aromatic heterocycles. The Bertz CT molecular complexity index is 924. The Morgan fingerprint density at radius 1 is 1.32 bits per heavy atom. The third-order valence-corrected chi connectivity index (χ3v) is 4.61. The fourth-order valence-electron chi connectivity index (χ4n) is 2.16. The van der Waals surface area contributed by atoms with Gasteiger partial charge in [0, 0.05) is 12.2 Å². The Balaban J connectivity index is 1.91. The number of nitrogens with zero attached hydrogens (tertiary/aromatic N) is 3. The second-order valence-electron chi connectivity index (χ2n) is 5.41. The Hall–Kier alpha value is -2.35. The number of anilines is 1. The van der Waals surface area contributed by atoms with Gasteiger partial charge in [0.15, 0.2) is 0 Å². The molecule has 0 bridgehead atoms. The molecule has 0 saturated heterocycles. The molecule has 2 heterocycles. The number of aryl methyl sites for hydroxylation is 1. The number of aromatic nitrogens is 4. The number of hydrogen-bond acceptors (Lipinski definition) is 4. The number of imidazole rings is 1. The normalized spacial score (nSPS) is 12.2. The van der Waals surface area contributed by atoms with Crippen LogP contribution in [0.3, 0.4) is 0 Å². The van der Waals surface area contributed by atoms with Crippen molar-refractivity contribution in [2.24, 2.45) is 0 Å². The van der Waals surface area contributed by atoms with Crippen LogP contribution in [0.2, 0.25) is 0 Å². The van der Waals surface area contributed by atoms with Crippen molar-refractivity contribution in [1.29, 1.82) is 0 Å². The Morgan fingerprint density at radius 2 is 2.09 bits per heavy atom. The number of fused-ring (bicyclic) bond motifs is 1. The predicted octanol–water partition coefficient (Wildman–Crippen LogP) is 2.45. The number of aromatic amines is 1. The lowest BCUT2D eigenvalue weighted by Crippen LogP contribution is -2.12. The smallest absolute Gasteiger partial charge is 0.265 e. The van der Waals surface area contributed by atoms with Gasteiger partial charge in [0.05, 0.1) is 22.9 Å². The van der Waals surface area contributed by atoms with Crippen LogP contribution in [0, 0.1) is 6.92 Å². The first-order chi connectivity index (χ1) is 10.3. The maximum absolute atomic E-state index is 12.4. The summed E-state index contributed by atoms with van der Waals surface area (Å²) in [6, 6.07) is 5.29. The van der Waals surface area contributed by atoms with E-state index in [1.165, 1.54) is 12.4 Å². The van der Waals surface area contributed by atoms with E-state index >= 15 is 0 Å². The fraction of sp³-hybridized carbons (Fsp3) is 0.286. The SMILES string of the molecule is Cc1nc2ccc(NS(=O)(=O)c3cnn(C(C)C)c3)cc2[nH]1. The molecule has 0 aliphatic rings. The highest BCUT2D eigenvalue weighted by molar-refractivity contribution is 7.92. The van der Waals surface area contributed by atoms with Gasteiger partial charge in [0.2, 0.25) is 0 Å². The molecule has 0 saturated carbocycles. The summed E-state index contributed by atoms with van der Waals surface area (Å²) in [5.74, 6) is 0.785. The molecule has 0 fully saturated rings. The summed E-state index contributed by atoms with van der Waals surface area (Å²) >= 11 is 0. The third kappa shape index (κ3) is 2.69. The van der Waals surface area contributed by atoms with E-state index in [-0.39, 0.29) is 10.9 Å². The van der Waals surface area contributed by atoms with Gasteiger partial charge in [-0.1, -0.05) is 0 Å². The molecule has 3 aromatic rings. The quantitative estimate of drug-likeness (QED) is 0.772. The van der Waals surface area contributed by atoms with Crippen LogP contribution >= 0.6 is 0 Å².